The maximum atomic E-state index is 9.00. The Morgan fingerprint density at radius 2 is 0.778 bits per heavy atom. The molecule has 0 heterocycles. The largest absolute Gasteiger partial charge is 2.00 e. The van der Waals surface area contributed by atoms with Crippen LogP contribution in [-0.2, 0) is 0 Å². The maximum absolute atomic E-state index is 9.00. The fourth-order valence-corrected chi connectivity index (χ4v) is 0. The molecule has 0 aliphatic carbocycles. The van der Waals surface area contributed by atoms with Gasteiger partial charge in [-0.25, -0.2) is 9.59 Å². The second-order valence-corrected chi connectivity index (χ2v) is 0.805. The van der Waals surface area contributed by atoms with Crippen LogP contribution in [0.5, 0.6) is 0 Å². The minimum Gasteiger partial charge on any atom is -0.352 e. The Kier molecular flexibility index (Phi) is 18.1. The average Bonchev–Trinajstić information content (AvgIpc) is 1.25. The Labute approximate surface area is 68.1 Å². The van der Waals surface area contributed by atoms with Crippen LogP contribution in [0.3, 0.4) is 0 Å². The van der Waals surface area contributed by atoms with E-state index in [0.717, 1.165) is 0 Å². The number of carbonyl (C=O) groups excluding carboxylic acids is 2. The topological polar surface area (TPSA) is 138 Å². The van der Waals surface area contributed by atoms with E-state index in [1.165, 1.54) is 0 Å². The van der Waals surface area contributed by atoms with Gasteiger partial charge in [-0.05, 0) is 0 Å². The first-order valence-electron chi connectivity index (χ1n) is 1.56. The molecular formula is C2H8MgN4O2+2. The Morgan fingerprint density at radius 1 is 0.778 bits per heavy atom. The van der Waals surface area contributed by atoms with Crippen LogP contribution in [0.1, 0.15) is 0 Å². The van der Waals surface area contributed by atoms with Gasteiger partial charge in [-0.1, -0.05) is 0 Å². The molecule has 0 saturated carbocycles. The maximum Gasteiger partial charge on any atom is 2.00 e. The summed E-state index contributed by atoms with van der Waals surface area (Å²) in [7, 11) is 0. The molecule has 7 heteroatoms. The van der Waals surface area contributed by atoms with E-state index in [-0.39, 0.29) is 23.1 Å². The van der Waals surface area contributed by atoms with E-state index in [0.29, 0.717) is 0 Å². The van der Waals surface area contributed by atoms with Crippen molar-refractivity contribution in [3.63, 3.8) is 0 Å². The van der Waals surface area contributed by atoms with Gasteiger partial charge in [-0.15, -0.1) is 0 Å². The first kappa shape index (κ1) is 15.7. The normalized spacial score (nSPS) is 5.33. The van der Waals surface area contributed by atoms with Crippen molar-refractivity contribution in [1.29, 1.82) is 0 Å². The number of nitrogens with two attached hydrogens (primary N) is 4. The second kappa shape index (κ2) is 10.3. The van der Waals surface area contributed by atoms with E-state index in [9.17, 15) is 0 Å². The van der Waals surface area contributed by atoms with E-state index < -0.39 is 12.1 Å². The number of primary amides is 4. The minimum absolute atomic E-state index is 0. The molecule has 0 fully saturated rings. The van der Waals surface area contributed by atoms with Crippen LogP contribution in [0.4, 0.5) is 9.59 Å². The molecule has 0 atom stereocenters. The summed E-state index contributed by atoms with van der Waals surface area (Å²) < 4.78 is 0. The number of amides is 4. The summed E-state index contributed by atoms with van der Waals surface area (Å²) in [5.41, 5.74) is 17.0. The SMILES string of the molecule is NC(N)=O.NC(N)=O.[Mg+2]. The molecule has 0 aliphatic heterocycles. The molecule has 6 nitrogen and oxygen atoms in total. The van der Waals surface area contributed by atoms with Crippen molar-refractivity contribution in [2.24, 2.45) is 22.9 Å². The third-order valence-electron chi connectivity index (χ3n) is 0. The van der Waals surface area contributed by atoms with E-state index >= 15 is 0 Å². The first-order chi connectivity index (χ1) is 3.46. The van der Waals surface area contributed by atoms with Crippen LogP contribution in [0, 0.1) is 0 Å². The fraction of sp³-hybridized carbons (Fsp3) is 0. The van der Waals surface area contributed by atoms with Crippen molar-refractivity contribution < 1.29 is 9.59 Å². The van der Waals surface area contributed by atoms with Gasteiger partial charge in [0.2, 0.25) is 0 Å². The van der Waals surface area contributed by atoms with Crippen LogP contribution < -0.4 is 22.9 Å². The second-order valence-electron chi connectivity index (χ2n) is 0.805. The monoisotopic (exact) mass is 144 g/mol. The van der Waals surface area contributed by atoms with Gasteiger partial charge in [0.05, 0.1) is 0 Å². The summed E-state index contributed by atoms with van der Waals surface area (Å²) in [5, 5.41) is 0. The van der Waals surface area contributed by atoms with Crippen molar-refractivity contribution in [1.82, 2.24) is 0 Å². The zero-order valence-electron chi connectivity index (χ0n) is 4.83. The van der Waals surface area contributed by atoms with Gasteiger partial charge >= 0.3 is 35.1 Å². The molecule has 48 valence electrons. The van der Waals surface area contributed by atoms with E-state index in [1.807, 2.05) is 0 Å². The van der Waals surface area contributed by atoms with Gasteiger partial charge in [0.1, 0.15) is 0 Å². The Balaban J connectivity index is -0.0000000720. The van der Waals surface area contributed by atoms with E-state index in [4.69, 9.17) is 9.59 Å². The number of urea groups is 2. The predicted molar refractivity (Wildman–Crippen MR) is 33.3 cm³/mol. The van der Waals surface area contributed by atoms with Crippen molar-refractivity contribution in [2.75, 3.05) is 0 Å². The smallest absolute Gasteiger partial charge is 0.352 e. The summed E-state index contributed by atoms with van der Waals surface area (Å²) in [6.07, 6.45) is 0. The van der Waals surface area contributed by atoms with Crippen molar-refractivity contribution in [3.8, 4) is 0 Å². The van der Waals surface area contributed by atoms with E-state index in [1.54, 1.807) is 0 Å². The Hall–Kier alpha value is -0.694. The fourth-order valence-electron chi connectivity index (χ4n) is 0. The van der Waals surface area contributed by atoms with Crippen molar-refractivity contribution >= 4 is 35.1 Å². The summed E-state index contributed by atoms with van der Waals surface area (Å²) in [5.74, 6) is 0. The van der Waals surface area contributed by atoms with Gasteiger partial charge < -0.3 is 22.9 Å². The van der Waals surface area contributed by atoms with Crippen LogP contribution in [0.2, 0.25) is 0 Å². The Morgan fingerprint density at radius 3 is 0.778 bits per heavy atom. The van der Waals surface area contributed by atoms with Gasteiger partial charge in [0.15, 0.2) is 0 Å². The van der Waals surface area contributed by atoms with Crippen molar-refractivity contribution in [2.45, 2.75) is 0 Å². The molecule has 0 aromatic heterocycles. The summed E-state index contributed by atoms with van der Waals surface area (Å²) >= 11 is 0. The molecule has 0 saturated heterocycles. The minimum atomic E-state index is -0.833. The van der Waals surface area contributed by atoms with Crippen LogP contribution in [0.25, 0.3) is 0 Å². The number of carbonyl (C=O) groups is 2. The quantitative estimate of drug-likeness (QED) is 0.283. The number of hydrogen-bond acceptors (Lipinski definition) is 2. The van der Waals surface area contributed by atoms with Gasteiger partial charge in [0.25, 0.3) is 0 Å². The molecule has 0 rings (SSSR count). The Bertz CT molecular complexity index is 74.6. The third kappa shape index (κ3) is 427. The van der Waals surface area contributed by atoms with Crippen LogP contribution >= 0.6 is 0 Å². The first-order valence-corrected chi connectivity index (χ1v) is 1.56. The average molecular weight is 144 g/mol. The number of rotatable bonds is 0. The predicted octanol–water partition coefficient (Wildman–Crippen LogP) is -2.33. The third-order valence-corrected chi connectivity index (χ3v) is 0. The van der Waals surface area contributed by atoms with Crippen LogP contribution in [-0.4, -0.2) is 35.1 Å². The molecule has 0 unspecified atom stereocenters. The van der Waals surface area contributed by atoms with Crippen molar-refractivity contribution in [3.05, 3.63) is 0 Å². The summed E-state index contributed by atoms with van der Waals surface area (Å²) in [6.45, 7) is 0. The zero-order chi connectivity index (χ0) is 7.15. The van der Waals surface area contributed by atoms with Gasteiger partial charge in [-0.2, -0.15) is 0 Å². The molecule has 0 aromatic carbocycles. The van der Waals surface area contributed by atoms with E-state index in [2.05, 4.69) is 22.9 Å². The zero-order valence-corrected chi connectivity index (χ0v) is 6.25. The number of hydrogen-bond donors (Lipinski definition) is 4. The molecule has 0 aliphatic rings. The van der Waals surface area contributed by atoms with Gasteiger partial charge in [-0.3, -0.25) is 0 Å². The molecule has 8 N–H and O–H groups in total. The molecule has 0 radical (unpaired) electrons. The molecule has 4 amide bonds. The molecule has 9 heavy (non-hydrogen) atoms. The van der Waals surface area contributed by atoms with Crippen LogP contribution in [0.15, 0.2) is 0 Å². The molecule has 0 aromatic rings. The summed E-state index contributed by atoms with van der Waals surface area (Å²) in [4.78, 5) is 18.0. The van der Waals surface area contributed by atoms with Gasteiger partial charge in [0, 0.05) is 0 Å². The molecule has 0 bridgehead atoms. The standard InChI is InChI=1S/2CH4N2O.Mg/c2*2-1(3)4;/h2*(H4,2,3,4);/q;;+2. The summed E-state index contributed by atoms with van der Waals surface area (Å²) in [6, 6.07) is -1.67. The molecule has 0 spiro atoms. The molecular weight excluding hydrogens is 136 g/mol.